The van der Waals surface area contributed by atoms with Crippen molar-refractivity contribution in [3.63, 3.8) is 0 Å². The first-order valence-corrected chi connectivity index (χ1v) is 9.64. The first-order valence-electron chi connectivity index (χ1n) is 7.78. The Balaban J connectivity index is 1.63. The Hall–Kier alpha value is -2.66. The van der Waals surface area contributed by atoms with E-state index < -0.39 is 10.0 Å². The van der Waals surface area contributed by atoms with Crippen LogP contribution >= 0.6 is 11.6 Å². The largest absolute Gasteiger partial charge is 0.241 e. The summed E-state index contributed by atoms with van der Waals surface area (Å²) in [6.45, 7) is 0.223. The summed E-state index contributed by atoms with van der Waals surface area (Å²) in [6.07, 6.45) is 4.07. The summed E-state index contributed by atoms with van der Waals surface area (Å²) >= 11 is 5.90. The summed E-state index contributed by atoms with van der Waals surface area (Å²) in [7, 11) is -3.69. The van der Waals surface area contributed by atoms with Crippen molar-refractivity contribution >= 4 is 21.6 Å². The van der Waals surface area contributed by atoms with Crippen molar-refractivity contribution < 1.29 is 8.42 Å². The summed E-state index contributed by atoms with van der Waals surface area (Å²) < 4.78 is 28.9. The molecule has 1 aromatic heterocycles. The number of hydrogen-bond donors (Lipinski definition) is 1. The summed E-state index contributed by atoms with van der Waals surface area (Å²) in [5.74, 6) is 0. The lowest BCUT2D eigenvalue weighted by atomic mass is 10.2. The van der Waals surface area contributed by atoms with Crippen molar-refractivity contribution in [3.05, 3.63) is 77.1 Å². The number of sulfonamides is 1. The third-order valence-electron chi connectivity index (χ3n) is 3.73. The molecule has 0 atom stereocenters. The molecule has 26 heavy (non-hydrogen) atoms. The van der Waals surface area contributed by atoms with Gasteiger partial charge in [0.1, 0.15) is 6.07 Å². The molecular formula is C18H15ClN4O2S. The van der Waals surface area contributed by atoms with Gasteiger partial charge in [0.05, 0.1) is 27.4 Å². The van der Waals surface area contributed by atoms with E-state index in [1.165, 1.54) is 18.2 Å². The van der Waals surface area contributed by atoms with Gasteiger partial charge in [-0.3, -0.25) is 0 Å². The Labute approximate surface area is 156 Å². The van der Waals surface area contributed by atoms with Gasteiger partial charge in [-0.15, -0.1) is 0 Å². The predicted octanol–water partition coefficient (Wildman–Crippen LogP) is 2.92. The predicted molar refractivity (Wildman–Crippen MR) is 98.6 cm³/mol. The molecule has 0 amide bonds. The van der Waals surface area contributed by atoms with Crippen LogP contribution in [0, 0.1) is 11.3 Å². The van der Waals surface area contributed by atoms with E-state index in [9.17, 15) is 8.42 Å². The Morgan fingerprint density at radius 2 is 1.96 bits per heavy atom. The number of para-hydroxylation sites is 1. The van der Waals surface area contributed by atoms with Gasteiger partial charge in [0, 0.05) is 12.7 Å². The first-order chi connectivity index (χ1) is 12.5. The van der Waals surface area contributed by atoms with Crippen molar-refractivity contribution in [1.29, 1.82) is 5.26 Å². The van der Waals surface area contributed by atoms with Crippen molar-refractivity contribution in [2.45, 2.75) is 11.3 Å². The van der Waals surface area contributed by atoms with Crippen LogP contribution in [0.15, 0.2) is 65.8 Å². The molecule has 3 aromatic rings. The van der Waals surface area contributed by atoms with E-state index in [0.29, 0.717) is 6.42 Å². The summed E-state index contributed by atoms with van der Waals surface area (Å²) in [6, 6.07) is 15.6. The van der Waals surface area contributed by atoms with Gasteiger partial charge < -0.3 is 0 Å². The minimum absolute atomic E-state index is 0.0291. The van der Waals surface area contributed by atoms with E-state index in [1.54, 1.807) is 10.9 Å². The van der Waals surface area contributed by atoms with Gasteiger partial charge in [-0.1, -0.05) is 29.8 Å². The van der Waals surface area contributed by atoms with Crippen molar-refractivity contribution in [1.82, 2.24) is 14.5 Å². The van der Waals surface area contributed by atoms with E-state index >= 15 is 0 Å². The summed E-state index contributed by atoms with van der Waals surface area (Å²) in [5, 5.41) is 13.2. The smallest absolute Gasteiger partial charge is 0.240 e. The van der Waals surface area contributed by atoms with Gasteiger partial charge in [0.25, 0.3) is 0 Å². The zero-order valence-corrected chi connectivity index (χ0v) is 15.2. The Bertz CT molecular complexity index is 1060. The standard InChI is InChI=1S/C18H15ClN4O2S/c19-18-10-17(7-6-15(18)11-20)26(24,25)22-9-8-14-12-21-23(13-14)16-4-2-1-3-5-16/h1-7,10,12-13,22H,8-9H2. The highest BCUT2D eigenvalue weighted by atomic mass is 35.5. The normalized spacial score (nSPS) is 11.2. The van der Waals surface area contributed by atoms with Gasteiger partial charge >= 0.3 is 0 Å². The number of halogens is 1. The average Bonchev–Trinajstić information content (AvgIpc) is 3.11. The zero-order chi connectivity index (χ0) is 18.6. The Kier molecular flexibility index (Phi) is 5.38. The van der Waals surface area contributed by atoms with Crippen LogP contribution in [0.25, 0.3) is 5.69 Å². The maximum atomic E-state index is 12.3. The van der Waals surface area contributed by atoms with Crippen molar-refractivity contribution in [3.8, 4) is 11.8 Å². The molecule has 6 nitrogen and oxygen atoms in total. The first kappa shape index (κ1) is 18.1. The number of nitriles is 1. The van der Waals surface area contributed by atoms with Gasteiger partial charge in [0.2, 0.25) is 10.0 Å². The van der Waals surface area contributed by atoms with Crippen LogP contribution in [-0.2, 0) is 16.4 Å². The second kappa shape index (κ2) is 7.70. The maximum absolute atomic E-state index is 12.3. The fourth-order valence-corrected chi connectivity index (χ4v) is 3.72. The quantitative estimate of drug-likeness (QED) is 0.705. The molecule has 0 unspecified atom stereocenters. The molecule has 0 saturated heterocycles. The molecule has 8 heteroatoms. The number of rotatable bonds is 6. The molecule has 0 spiro atoms. The molecule has 0 radical (unpaired) electrons. The molecule has 3 rings (SSSR count). The minimum atomic E-state index is -3.69. The molecule has 1 heterocycles. The van der Waals surface area contributed by atoms with E-state index in [-0.39, 0.29) is 22.0 Å². The maximum Gasteiger partial charge on any atom is 0.240 e. The molecule has 0 aliphatic carbocycles. The van der Waals surface area contributed by atoms with Crippen molar-refractivity contribution in [2.75, 3.05) is 6.54 Å². The fraction of sp³-hybridized carbons (Fsp3) is 0.111. The molecule has 0 bridgehead atoms. The third-order valence-corrected chi connectivity index (χ3v) is 5.51. The number of aromatic nitrogens is 2. The van der Waals surface area contributed by atoms with Crippen LogP contribution < -0.4 is 4.72 Å². The molecule has 0 saturated carbocycles. The molecule has 0 fully saturated rings. The fourth-order valence-electron chi connectivity index (χ4n) is 2.38. The number of hydrogen-bond acceptors (Lipinski definition) is 4. The highest BCUT2D eigenvalue weighted by Crippen LogP contribution is 2.20. The van der Waals surface area contributed by atoms with Gasteiger partial charge in [-0.25, -0.2) is 17.8 Å². The van der Waals surface area contributed by atoms with Gasteiger partial charge in [0.15, 0.2) is 0 Å². The van der Waals surface area contributed by atoms with Crippen LogP contribution in [0.5, 0.6) is 0 Å². The average molecular weight is 387 g/mol. The number of nitrogens with zero attached hydrogens (tertiary/aromatic N) is 3. The molecule has 2 aromatic carbocycles. The lowest BCUT2D eigenvalue weighted by molar-refractivity contribution is 0.581. The van der Waals surface area contributed by atoms with E-state index in [2.05, 4.69) is 9.82 Å². The van der Waals surface area contributed by atoms with Gasteiger partial charge in [-0.05, 0) is 42.3 Å². The monoisotopic (exact) mass is 386 g/mol. The molecule has 0 aliphatic rings. The Morgan fingerprint density at radius 1 is 1.19 bits per heavy atom. The molecular weight excluding hydrogens is 372 g/mol. The van der Waals surface area contributed by atoms with E-state index in [1.807, 2.05) is 42.6 Å². The van der Waals surface area contributed by atoms with E-state index in [0.717, 1.165) is 11.3 Å². The van der Waals surface area contributed by atoms with E-state index in [4.69, 9.17) is 16.9 Å². The molecule has 132 valence electrons. The molecule has 1 N–H and O–H groups in total. The minimum Gasteiger partial charge on any atom is -0.241 e. The molecule has 0 aliphatic heterocycles. The van der Waals surface area contributed by atoms with Crippen LogP contribution in [0.2, 0.25) is 5.02 Å². The van der Waals surface area contributed by atoms with Gasteiger partial charge in [-0.2, -0.15) is 10.4 Å². The second-order valence-electron chi connectivity index (χ2n) is 5.53. The third kappa shape index (κ3) is 4.11. The second-order valence-corrected chi connectivity index (χ2v) is 7.70. The lowest BCUT2D eigenvalue weighted by Crippen LogP contribution is -2.26. The van der Waals surface area contributed by atoms with Crippen LogP contribution in [-0.4, -0.2) is 24.7 Å². The SMILES string of the molecule is N#Cc1ccc(S(=O)(=O)NCCc2cnn(-c3ccccc3)c2)cc1Cl. The van der Waals surface area contributed by atoms with Crippen LogP contribution in [0.3, 0.4) is 0 Å². The zero-order valence-electron chi connectivity index (χ0n) is 13.6. The topological polar surface area (TPSA) is 87.8 Å². The van der Waals surface area contributed by atoms with Crippen LogP contribution in [0.4, 0.5) is 0 Å². The number of nitrogens with one attached hydrogen (secondary N) is 1. The summed E-state index contributed by atoms with van der Waals surface area (Å²) in [5.41, 5.74) is 2.08. The summed E-state index contributed by atoms with van der Waals surface area (Å²) in [4.78, 5) is 0.0291. The highest BCUT2D eigenvalue weighted by Gasteiger charge is 2.15. The Morgan fingerprint density at radius 3 is 2.65 bits per heavy atom. The lowest BCUT2D eigenvalue weighted by Gasteiger charge is -2.07. The van der Waals surface area contributed by atoms with Crippen LogP contribution in [0.1, 0.15) is 11.1 Å². The highest BCUT2D eigenvalue weighted by molar-refractivity contribution is 7.89. The number of benzene rings is 2. The van der Waals surface area contributed by atoms with Crippen molar-refractivity contribution in [2.24, 2.45) is 0 Å².